The maximum absolute atomic E-state index is 13.4. The SMILES string of the molecule is C[C@@](O)(C(=O)NCC(F)(F)F)C(=O)N[C@@H]1C(=O)N(CCO)c2ccccc2-c2ccccc21. The van der Waals surface area contributed by atoms with Crippen LogP contribution in [0.2, 0.25) is 0 Å². The van der Waals surface area contributed by atoms with Crippen LogP contribution in [0.1, 0.15) is 18.5 Å². The van der Waals surface area contributed by atoms with Crippen LogP contribution in [0.15, 0.2) is 48.5 Å². The zero-order valence-corrected chi connectivity index (χ0v) is 17.5. The van der Waals surface area contributed by atoms with Crippen molar-refractivity contribution >= 4 is 23.4 Å². The number of carbonyl (C=O) groups excluding carboxylic acids is 3. The fourth-order valence-corrected chi connectivity index (χ4v) is 3.54. The molecule has 0 aromatic heterocycles. The number of amides is 3. The standard InChI is InChI=1S/C22H22F3N3O5/c1-21(33,19(31)26-12-22(23,24)25)20(32)27-17-15-8-3-2-6-13(15)14-7-4-5-9-16(14)28(10-11-29)18(17)30/h2-9,17,29,33H,10-12H2,1H3,(H,26,31)(H,27,32)/t17-,21+/m0/s1. The van der Waals surface area contributed by atoms with E-state index < -0.39 is 42.1 Å². The maximum atomic E-state index is 13.4. The van der Waals surface area contributed by atoms with E-state index in [0.717, 1.165) is 6.92 Å². The molecule has 33 heavy (non-hydrogen) atoms. The van der Waals surface area contributed by atoms with Crippen molar-refractivity contribution in [3.05, 3.63) is 54.1 Å². The summed E-state index contributed by atoms with van der Waals surface area (Å²) in [5.41, 5.74) is -0.804. The Kier molecular flexibility index (Phi) is 6.75. The van der Waals surface area contributed by atoms with Gasteiger partial charge >= 0.3 is 6.18 Å². The average molecular weight is 465 g/mol. The summed E-state index contributed by atoms with van der Waals surface area (Å²) in [5.74, 6) is -3.58. The van der Waals surface area contributed by atoms with Gasteiger partial charge in [0, 0.05) is 12.1 Å². The number of nitrogens with one attached hydrogen (secondary N) is 2. The van der Waals surface area contributed by atoms with Gasteiger partial charge in [0.25, 0.3) is 17.7 Å². The number of β-amino-alcohol motifs (C(OH)–C–C–N with tert-alkyl or cyclic N) is 1. The molecule has 2 atom stereocenters. The summed E-state index contributed by atoms with van der Waals surface area (Å²) < 4.78 is 37.3. The van der Waals surface area contributed by atoms with Crippen molar-refractivity contribution in [3.63, 3.8) is 0 Å². The Bertz CT molecular complexity index is 1070. The molecule has 0 fully saturated rings. The number of halogens is 3. The van der Waals surface area contributed by atoms with Gasteiger partial charge < -0.3 is 25.7 Å². The predicted octanol–water partition coefficient (Wildman–Crippen LogP) is 1.28. The molecule has 2 aromatic rings. The first kappa shape index (κ1) is 24.2. The largest absolute Gasteiger partial charge is 0.405 e. The number of hydrogen-bond donors (Lipinski definition) is 4. The van der Waals surface area contributed by atoms with E-state index in [4.69, 9.17) is 0 Å². The minimum atomic E-state index is -4.74. The Morgan fingerprint density at radius 2 is 1.64 bits per heavy atom. The first-order chi connectivity index (χ1) is 15.5. The van der Waals surface area contributed by atoms with Gasteiger partial charge in [-0.1, -0.05) is 42.5 Å². The van der Waals surface area contributed by atoms with Crippen LogP contribution in [0, 0.1) is 0 Å². The highest BCUT2D eigenvalue weighted by atomic mass is 19.4. The number of nitrogens with zero attached hydrogens (tertiary/aromatic N) is 1. The molecule has 8 nitrogen and oxygen atoms in total. The minimum Gasteiger partial charge on any atom is -0.395 e. The second kappa shape index (κ2) is 9.20. The van der Waals surface area contributed by atoms with Crippen molar-refractivity contribution in [2.24, 2.45) is 0 Å². The molecule has 0 aliphatic carbocycles. The second-order valence-corrected chi connectivity index (χ2v) is 7.59. The summed E-state index contributed by atoms with van der Waals surface area (Å²) in [7, 11) is 0. The van der Waals surface area contributed by atoms with Crippen molar-refractivity contribution in [1.82, 2.24) is 10.6 Å². The van der Waals surface area contributed by atoms with Crippen LogP contribution in [0.5, 0.6) is 0 Å². The van der Waals surface area contributed by atoms with Crippen LogP contribution >= 0.6 is 0 Å². The van der Waals surface area contributed by atoms with Crippen LogP contribution in [0.4, 0.5) is 18.9 Å². The van der Waals surface area contributed by atoms with E-state index in [2.05, 4.69) is 5.32 Å². The van der Waals surface area contributed by atoms with E-state index in [1.54, 1.807) is 48.5 Å². The molecule has 3 rings (SSSR count). The molecule has 1 aliphatic rings. The number of fused-ring (bicyclic) bond motifs is 3. The number of benzene rings is 2. The number of rotatable bonds is 6. The molecule has 1 heterocycles. The number of aliphatic hydroxyl groups excluding tert-OH is 1. The molecule has 2 aromatic carbocycles. The predicted molar refractivity (Wildman–Crippen MR) is 112 cm³/mol. The smallest absolute Gasteiger partial charge is 0.395 e. The monoisotopic (exact) mass is 465 g/mol. The summed E-state index contributed by atoms with van der Waals surface area (Å²) in [4.78, 5) is 39.5. The quantitative estimate of drug-likeness (QED) is 0.480. The molecule has 0 radical (unpaired) electrons. The first-order valence-electron chi connectivity index (χ1n) is 9.96. The van der Waals surface area contributed by atoms with Crippen molar-refractivity contribution < 1.29 is 37.8 Å². The molecule has 0 bridgehead atoms. The number of anilines is 1. The van der Waals surface area contributed by atoms with Crippen molar-refractivity contribution in [1.29, 1.82) is 0 Å². The van der Waals surface area contributed by atoms with Gasteiger partial charge in [-0.15, -0.1) is 0 Å². The summed E-state index contributed by atoms with van der Waals surface area (Å²) in [5, 5.41) is 23.6. The minimum absolute atomic E-state index is 0.0985. The van der Waals surface area contributed by atoms with Gasteiger partial charge in [0.1, 0.15) is 12.6 Å². The molecule has 0 saturated carbocycles. The number of alkyl halides is 3. The third-order valence-corrected chi connectivity index (χ3v) is 5.20. The third-order valence-electron chi connectivity index (χ3n) is 5.20. The van der Waals surface area contributed by atoms with Crippen LogP contribution in [0.25, 0.3) is 11.1 Å². The topological polar surface area (TPSA) is 119 Å². The number of hydrogen-bond acceptors (Lipinski definition) is 5. The molecule has 0 spiro atoms. The van der Waals surface area contributed by atoms with E-state index in [9.17, 15) is 37.8 Å². The lowest BCUT2D eigenvalue weighted by Gasteiger charge is -2.28. The van der Waals surface area contributed by atoms with Crippen LogP contribution in [-0.4, -0.2) is 59.4 Å². The fourth-order valence-electron chi connectivity index (χ4n) is 3.54. The lowest BCUT2D eigenvalue weighted by atomic mass is 9.94. The molecule has 4 N–H and O–H groups in total. The third kappa shape index (κ3) is 4.99. The van der Waals surface area contributed by atoms with Crippen molar-refractivity contribution in [3.8, 4) is 11.1 Å². The highest BCUT2D eigenvalue weighted by molar-refractivity contribution is 6.11. The van der Waals surface area contributed by atoms with Gasteiger partial charge in [0.15, 0.2) is 0 Å². The molecule has 176 valence electrons. The zero-order valence-electron chi connectivity index (χ0n) is 17.5. The van der Waals surface area contributed by atoms with Crippen molar-refractivity contribution in [2.45, 2.75) is 24.7 Å². The molecular weight excluding hydrogens is 443 g/mol. The average Bonchev–Trinajstić information content (AvgIpc) is 2.86. The molecule has 11 heteroatoms. The van der Waals surface area contributed by atoms with Gasteiger partial charge in [0.05, 0.1) is 12.3 Å². The van der Waals surface area contributed by atoms with E-state index in [-0.39, 0.29) is 13.2 Å². The van der Waals surface area contributed by atoms with Gasteiger partial charge in [-0.05, 0) is 24.1 Å². The Balaban J connectivity index is 1.98. The van der Waals surface area contributed by atoms with Gasteiger partial charge in [-0.25, -0.2) is 0 Å². The molecule has 1 aliphatic heterocycles. The molecule has 0 saturated heterocycles. The molecular formula is C22H22F3N3O5. The summed E-state index contributed by atoms with van der Waals surface area (Å²) in [6.45, 7) is -1.48. The number of carbonyl (C=O) groups is 3. The highest BCUT2D eigenvalue weighted by Gasteiger charge is 2.44. The van der Waals surface area contributed by atoms with Crippen molar-refractivity contribution in [2.75, 3.05) is 24.6 Å². The van der Waals surface area contributed by atoms with Crippen LogP contribution < -0.4 is 15.5 Å². The van der Waals surface area contributed by atoms with E-state index in [0.29, 0.717) is 22.4 Å². The van der Waals surface area contributed by atoms with Crippen LogP contribution in [0.3, 0.4) is 0 Å². The normalized spacial score (nSPS) is 17.3. The maximum Gasteiger partial charge on any atom is 0.405 e. The summed E-state index contributed by atoms with van der Waals surface area (Å²) >= 11 is 0. The second-order valence-electron chi connectivity index (χ2n) is 7.59. The Labute approximate surface area is 187 Å². The number of para-hydroxylation sites is 1. The Morgan fingerprint density at radius 3 is 2.27 bits per heavy atom. The molecule has 0 unspecified atom stereocenters. The first-order valence-corrected chi connectivity index (χ1v) is 9.96. The highest BCUT2D eigenvalue weighted by Crippen LogP contribution is 2.40. The van der Waals surface area contributed by atoms with E-state index in [1.165, 1.54) is 10.2 Å². The van der Waals surface area contributed by atoms with Crippen LogP contribution in [-0.2, 0) is 14.4 Å². The number of aliphatic hydroxyl groups is 2. The summed E-state index contributed by atoms with van der Waals surface area (Å²) in [6, 6.07) is 12.2. The molecule has 3 amide bonds. The lowest BCUT2D eigenvalue weighted by Crippen LogP contribution is -2.58. The van der Waals surface area contributed by atoms with Gasteiger partial charge in [-0.3, -0.25) is 14.4 Å². The van der Waals surface area contributed by atoms with Gasteiger partial charge in [-0.2, -0.15) is 13.2 Å². The van der Waals surface area contributed by atoms with Gasteiger partial charge in [0.2, 0.25) is 5.60 Å². The van der Waals surface area contributed by atoms with E-state index >= 15 is 0 Å². The summed E-state index contributed by atoms with van der Waals surface area (Å²) in [6.07, 6.45) is -4.74. The Hall–Kier alpha value is -3.44. The fraction of sp³-hybridized carbons (Fsp3) is 0.318. The lowest BCUT2D eigenvalue weighted by molar-refractivity contribution is -0.158. The zero-order chi connectivity index (χ0) is 24.4. The van der Waals surface area contributed by atoms with E-state index in [1.807, 2.05) is 0 Å². The Morgan fingerprint density at radius 1 is 1.03 bits per heavy atom.